The number of fused-ring (bicyclic) bond motifs is 1. The number of aromatic nitrogens is 3. The number of aromatic amines is 1. The van der Waals surface area contributed by atoms with Crippen molar-refractivity contribution < 1.29 is 4.79 Å². The molecule has 2 aromatic rings. The predicted molar refractivity (Wildman–Crippen MR) is 83.4 cm³/mol. The zero-order valence-electron chi connectivity index (χ0n) is 11.7. The van der Waals surface area contributed by atoms with Crippen LogP contribution >= 0.6 is 12.4 Å². The average Bonchev–Trinajstić information content (AvgIpc) is 3.05. The highest BCUT2D eigenvalue weighted by Crippen LogP contribution is 2.26. The number of carbonyl (C=O) groups excluding carboxylic acids is 1. The van der Waals surface area contributed by atoms with Crippen LogP contribution in [0.25, 0.3) is 11.4 Å². The van der Waals surface area contributed by atoms with E-state index in [4.69, 9.17) is 5.73 Å². The summed E-state index contributed by atoms with van der Waals surface area (Å²) in [6, 6.07) is 5.72. The van der Waals surface area contributed by atoms with E-state index in [1.54, 1.807) is 6.92 Å². The number of amides is 1. The van der Waals surface area contributed by atoms with Gasteiger partial charge in [0, 0.05) is 5.56 Å². The van der Waals surface area contributed by atoms with Gasteiger partial charge in [-0.1, -0.05) is 12.1 Å². The first-order chi connectivity index (χ1) is 9.63. The second-order valence-corrected chi connectivity index (χ2v) is 5.12. The van der Waals surface area contributed by atoms with Gasteiger partial charge in [0.05, 0.1) is 6.04 Å². The highest BCUT2D eigenvalue weighted by molar-refractivity contribution is 5.92. The van der Waals surface area contributed by atoms with Crippen molar-refractivity contribution >= 4 is 24.3 Å². The van der Waals surface area contributed by atoms with E-state index in [1.165, 1.54) is 17.5 Å². The summed E-state index contributed by atoms with van der Waals surface area (Å²) < 4.78 is 0. The molecule has 1 aromatic heterocycles. The molecule has 0 spiro atoms. The van der Waals surface area contributed by atoms with Crippen LogP contribution in [0.15, 0.2) is 18.2 Å². The quantitative estimate of drug-likeness (QED) is 0.803. The van der Waals surface area contributed by atoms with Crippen molar-refractivity contribution in [2.45, 2.75) is 32.2 Å². The van der Waals surface area contributed by atoms with Crippen molar-refractivity contribution in [3.63, 3.8) is 0 Å². The van der Waals surface area contributed by atoms with Crippen molar-refractivity contribution in [1.82, 2.24) is 15.2 Å². The van der Waals surface area contributed by atoms with E-state index in [-0.39, 0.29) is 24.3 Å². The van der Waals surface area contributed by atoms with E-state index in [2.05, 4.69) is 32.6 Å². The first-order valence-electron chi connectivity index (χ1n) is 6.74. The first-order valence-corrected chi connectivity index (χ1v) is 6.74. The molecule has 3 rings (SSSR count). The Morgan fingerprint density at radius 3 is 2.90 bits per heavy atom. The fraction of sp³-hybridized carbons (Fsp3) is 0.357. The molecule has 4 N–H and O–H groups in total. The molecule has 1 aliphatic carbocycles. The van der Waals surface area contributed by atoms with Crippen LogP contribution in [-0.4, -0.2) is 27.1 Å². The van der Waals surface area contributed by atoms with Crippen molar-refractivity contribution in [2.75, 3.05) is 5.32 Å². The topological polar surface area (TPSA) is 96.7 Å². The van der Waals surface area contributed by atoms with Crippen molar-refractivity contribution in [2.24, 2.45) is 5.73 Å². The minimum absolute atomic E-state index is 0. The Kier molecular flexibility index (Phi) is 4.59. The number of halogens is 1. The molecule has 112 valence electrons. The van der Waals surface area contributed by atoms with Crippen LogP contribution in [0, 0.1) is 0 Å². The van der Waals surface area contributed by atoms with Crippen LogP contribution in [0.4, 0.5) is 5.95 Å². The molecule has 0 aliphatic heterocycles. The van der Waals surface area contributed by atoms with Crippen LogP contribution in [0.1, 0.15) is 24.5 Å². The van der Waals surface area contributed by atoms with Crippen LogP contribution in [0.3, 0.4) is 0 Å². The Bertz CT molecular complexity index is 653. The molecule has 7 heteroatoms. The van der Waals surface area contributed by atoms with Gasteiger partial charge in [-0.05, 0) is 43.4 Å². The van der Waals surface area contributed by atoms with Crippen LogP contribution in [0.2, 0.25) is 0 Å². The molecular weight excluding hydrogens is 290 g/mol. The molecule has 1 unspecified atom stereocenters. The molecule has 0 radical (unpaired) electrons. The highest BCUT2D eigenvalue weighted by atomic mass is 35.5. The zero-order chi connectivity index (χ0) is 14.1. The minimum atomic E-state index is -0.586. The summed E-state index contributed by atoms with van der Waals surface area (Å²) in [5.74, 6) is 0.604. The smallest absolute Gasteiger partial charge is 0.249 e. The van der Waals surface area contributed by atoms with Crippen molar-refractivity contribution in [3.8, 4) is 11.4 Å². The molecular formula is C14H18ClN5O. The number of nitrogens with zero attached hydrogens (tertiary/aromatic N) is 2. The monoisotopic (exact) mass is 307 g/mol. The average molecular weight is 308 g/mol. The fourth-order valence-corrected chi connectivity index (χ4v) is 2.39. The lowest BCUT2D eigenvalue weighted by molar-refractivity contribution is -0.117. The summed E-state index contributed by atoms with van der Waals surface area (Å²) >= 11 is 0. The van der Waals surface area contributed by atoms with Crippen LogP contribution in [-0.2, 0) is 17.6 Å². The van der Waals surface area contributed by atoms with Crippen LogP contribution in [0.5, 0.6) is 0 Å². The summed E-state index contributed by atoms with van der Waals surface area (Å²) in [6.07, 6.45) is 3.48. The zero-order valence-corrected chi connectivity index (χ0v) is 12.5. The lowest BCUT2D eigenvalue weighted by atomic mass is 10.1. The van der Waals surface area contributed by atoms with Gasteiger partial charge in [-0.2, -0.15) is 4.98 Å². The summed E-state index contributed by atoms with van der Waals surface area (Å²) in [4.78, 5) is 15.8. The lowest BCUT2D eigenvalue weighted by Crippen LogP contribution is -2.32. The standard InChI is InChI=1S/C14H17N5O.ClH/c1-8(15)13(20)17-14-16-12(18-19-14)11-6-5-9-3-2-4-10(9)7-11;/h5-8H,2-4,15H2,1H3,(H2,16,17,18,19,20);1H. The Morgan fingerprint density at radius 1 is 1.38 bits per heavy atom. The molecule has 0 fully saturated rings. The van der Waals surface area contributed by atoms with Gasteiger partial charge >= 0.3 is 0 Å². The predicted octanol–water partition coefficient (Wildman–Crippen LogP) is 1.67. The molecule has 1 atom stereocenters. The van der Waals surface area contributed by atoms with Gasteiger partial charge in [0.25, 0.3) is 0 Å². The molecule has 21 heavy (non-hydrogen) atoms. The van der Waals surface area contributed by atoms with Gasteiger partial charge in [-0.15, -0.1) is 17.5 Å². The van der Waals surface area contributed by atoms with E-state index in [9.17, 15) is 4.79 Å². The minimum Gasteiger partial charge on any atom is -0.320 e. The summed E-state index contributed by atoms with van der Waals surface area (Å²) in [5.41, 5.74) is 9.26. The second kappa shape index (κ2) is 6.24. The molecule has 0 bridgehead atoms. The number of rotatable bonds is 3. The Morgan fingerprint density at radius 2 is 2.14 bits per heavy atom. The van der Waals surface area contributed by atoms with Gasteiger partial charge in [0.1, 0.15) is 0 Å². The van der Waals surface area contributed by atoms with Crippen molar-refractivity contribution in [3.05, 3.63) is 29.3 Å². The molecule has 0 saturated carbocycles. The number of anilines is 1. The van der Waals surface area contributed by atoms with E-state index in [1.807, 2.05) is 6.07 Å². The maximum Gasteiger partial charge on any atom is 0.249 e. The van der Waals surface area contributed by atoms with Gasteiger partial charge in [-0.25, -0.2) is 0 Å². The van der Waals surface area contributed by atoms with E-state index < -0.39 is 6.04 Å². The number of hydrogen-bond acceptors (Lipinski definition) is 4. The molecule has 0 saturated heterocycles. The maximum absolute atomic E-state index is 11.5. The van der Waals surface area contributed by atoms with Crippen molar-refractivity contribution in [1.29, 1.82) is 0 Å². The van der Waals surface area contributed by atoms with Gasteiger partial charge in [0.2, 0.25) is 11.9 Å². The molecule has 1 amide bonds. The molecule has 1 aliphatic rings. The number of aryl methyl sites for hydroxylation is 2. The number of nitrogens with two attached hydrogens (primary N) is 1. The third-order valence-corrected chi connectivity index (χ3v) is 3.51. The van der Waals surface area contributed by atoms with E-state index in [0.29, 0.717) is 5.82 Å². The first kappa shape index (κ1) is 15.5. The number of carbonyl (C=O) groups is 1. The Balaban J connectivity index is 0.00000161. The van der Waals surface area contributed by atoms with Crippen LogP contribution < -0.4 is 11.1 Å². The number of H-pyrrole nitrogens is 1. The third kappa shape index (κ3) is 3.22. The van der Waals surface area contributed by atoms with Gasteiger partial charge < -0.3 is 5.73 Å². The largest absolute Gasteiger partial charge is 0.320 e. The van der Waals surface area contributed by atoms with E-state index in [0.717, 1.165) is 18.4 Å². The number of benzene rings is 1. The summed E-state index contributed by atoms with van der Waals surface area (Å²) in [6.45, 7) is 1.61. The second-order valence-electron chi connectivity index (χ2n) is 5.12. The SMILES string of the molecule is CC(N)C(=O)Nc1n[nH]c(-c2ccc3c(c2)CCC3)n1.Cl. The maximum atomic E-state index is 11.5. The normalized spacial score (nSPS) is 14.2. The van der Waals surface area contributed by atoms with Gasteiger partial charge in [-0.3, -0.25) is 15.2 Å². The molecule has 1 heterocycles. The molecule has 6 nitrogen and oxygen atoms in total. The number of hydrogen-bond donors (Lipinski definition) is 3. The Hall–Kier alpha value is -1.92. The Labute approximate surface area is 128 Å². The van der Waals surface area contributed by atoms with E-state index >= 15 is 0 Å². The molecule has 1 aromatic carbocycles. The fourth-order valence-electron chi connectivity index (χ4n) is 2.39. The number of nitrogens with one attached hydrogen (secondary N) is 2. The summed E-state index contributed by atoms with van der Waals surface area (Å²) in [5, 5.41) is 9.39. The highest BCUT2D eigenvalue weighted by Gasteiger charge is 2.14. The van der Waals surface area contributed by atoms with Gasteiger partial charge in [0.15, 0.2) is 5.82 Å². The summed E-state index contributed by atoms with van der Waals surface area (Å²) in [7, 11) is 0. The lowest BCUT2D eigenvalue weighted by Gasteiger charge is -2.03. The third-order valence-electron chi connectivity index (χ3n) is 3.51.